The van der Waals surface area contributed by atoms with Gasteiger partial charge in [0.05, 0.1) is 6.04 Å². The van der Waals surface area contributed by atoms with E-state index in [0.29, 0.717) is 16.7 Å². The van der Waals surface area contributed by atoms with Crippen LogP contribution in [-0.4, -0.2) is 22.3 Å². The van der Waals surface area contributed by atoms with Crippen LogP contribution in [0.15, 0.2) is 30.9 Å². The Morgan fingerprint density at radius 3 is 3.05 bits per heavy atom. The summed E-state index contributed by atoms with van der Waals surface area (Å²) in [6, 6.07) is 5.86. The number of rotatable bonds is 2. The van der Waals surface area contributed by atoms with Crippen molar-refractivity contribution in [2.75, 3.05) is 6.54 Å². The Hall–Kier alpha value is -1.26. The lowest BCUT2D eigenvalue weighted by Crippen LogP contribution is -2.68. The van der Waals surface area contributed by atoms with Crippen molar-refractivity contribution in [3.8, 4) is 5.75 Å². The molecule has 1 fully saturated rings. The van der Waals surface area contributed by atoms with Crippen LogP contribution >= 0.6 is 23.8 Å². The van der Waals surface area contributed by atoms with Crippen LogP contribution in [0.1, 0.15) is 25.5 Å². The van der Waals surface area contributed by atoms with Gasteiger partial charge in [-0.05, 0) is 37.3 Å². The minimum atomic E-state index is -0.470. The van der Waals surface area contributed by atoms with E-state index in [1.165, 1.54) is 0 Å². The highest BCUT2D eigenvalue weighted by atomic mass is 35.5. The Labute approximate surface area is 129 Å². The summed E-state index contributed by atoms with van der Waals surface area (Å²) in [5, 5.41) is 4.82. The maximum Gasteiger partial charge on any atom is 0.187 e. The molecular weight excluding hydrogens is 292 g/mol. The van der Waals surface area contributed by atoms with Gasteiger partial charge in [0.25, 0.3) is 0 Å². The summed E-state index contributed by atoms with van der Waals surface area (Å²) in [6.45, 7) is 8.71. The Balaban J connectivity index is 2.12. The minimum Gasteiger partial charge on any atom is -0.467 e. The van der Waals surface area contributed by atoms with Crippen LogP contribution in [-0.2, 0) is 0 Å². The molecule has 3 rings (SSSR count). The Morgan fingerprint density at radius 1 is 1.60 bits per heavy atom. The number of ether oxygens (including phenoxy) is 1. The molecule has 2 heterocycles. The van der Waals surface area contributed by atoms with E-state index in [0.717, 1.165) is 11.3 Å². The standard InChI is InChI=1S/C15H17ClN2OS/c1-4-7-18-14(20)17-13-9(2)15(18,3)19-12-6-5-10(16)8-11(12)13/h4-6,8-9,13H,1,7H2,2-3H3,(H,17,20)/t9-,13+,15-/m0/s1. The molecule has 20 heavy (non-hydrogen) atoms. The summed E-state index contributed by atoms with van der Waals surface area (Å²) < 4.78 is 6.29. The predicted molar refractivity (Wildman–Crippen MR) is 85.0 cm³/mol. The van der Waals surface area contributed by atoms with Gasteiger partial charge in [0.2, 0.25) is 0 Å². The molecule has 0 spiro atoms. The Morgan fingerprint density at radius 2 is 2.35 bits per heavy atom. The molecule has 1 aromatic rings. The molecular formula is C15H17ClN2OS. The van der Waals surface area contributed by atoms with Gasteiger partial charge >= 0.3 is 0 Å². The Kier molecular flexibility index (Phi) is 3.18. The number of benzene rings is 1. The minimum absolute atomic E-state index is 0.121. The van der Waals surface area contributed by atoms with Crippen LogP contribution < -0.4 is 10.1 Å². The van der Waals surface area contributed by atoms with E-state index in [4.69, 9.17) is 28.6 Å². The van der Waals surface area contributed by atoms with Crippen LogP contribution in [0.4, 0.5) is 0 Å². The van der Waals surface area contributed by atoms with Crippen LogP contribution in [0.5, 0.6) is 5.75 Å². The number of nitrogens with one attached hydrogen (secondary N) is 1. The first kappa shape index (κ1) is 13.7. The summed E-state index contributed by atoms with van der Waals surface area (Å²) in [5.41, 5.74) is 0.602. The molecule has 0 unspecified atom stereocenters. The second kappa shape index (κ2) is 4.64. The van der Waals surface area contributed by atoms with E-state index in [1.54, 1.807) is 0 Å². The molecule has 0 amide bonds. The van der Waals surface area contributed by atoms with E-state index in [1.807, 2.05) is 29.2 Å². The van der Waals surface area contributed by atoms with Gasteiger partial charge in [0.1, 0.15) is 5.75 Å². The van der Waals surface area contributed by atoms with E-state index in [-0.39, 0.29) is 12.0 Å². The maximum atomic E-state index is 6.29. The van der Waals surface area contributed by atoms with Gasteiger partial charge in [-0.15, -0.1) is 6.58 Å². The highest BCUT2D eigenvalue weighted by molar-refractivity contribution is 7.80. The first-order valence-corrected chi connectivity index (χ1v) is 7.43. The first-order valence-electron chi connectivity index (χ1n) is 6.65. The van der Waals surface area contributed by atoms with Crippen molar-refractivity contribution < 1.29 is 4.74 Å². The molecule has 3 atom stereocenters. The third-order valence-electron chi connectivity index (χ3n) is 4.34. The largest absolute Gasteiger partial charge is 0.467 e. The van der Waals surface area contributed by atoms with Gasteiger partial charge in [-0.1, -0.05) is 24.6 Å². The number of nitrogens with zero attached hydrogens (tertiary/aromatic N) is 1. The number of hydrogen-bond acceptors (Lipinski definition) is 2. The molecule has 2 aliphatic rings. The Bertz CT molecular complexity index is 591. The highest BCUT2D eigenvalue weighted by Crippen LogP contribution is 2.48. The highest BCUT2D eigenvalue weighted by Gasteiger charge is 2.52. The zero-order chi connectivity index (χ0) is 14.5. The quantitative estimate of drug-likeness (QED) is 0.667. The molecule has 0 aliphatic carbocycles. The normalized spacial score (nSPS) is 31.1. The van der Waals surface area contributed by atoms with Gasteiger partial charge in [-0.25, -0.2) is 0 Å². The van der Waals surface area contributed by atoms with Gasteiger partial charge < -0.3 is 15.0 Å². The summed E-state index contributed by atoms with van der Waals surface area (Å²) in [7, 11) is 0. The average molecular weight is 309 g/mol. The summed E-state index contributed by atoms with van der Waals surface area (Å²) in [5.74, 6) is 1.10. The lowest BCUT2D eigenvalue weighted by molar-refractivity contribution is -0.106. The average Bonchev–Trinajstić information content (AvgIpc) is 2.40. The molecule has 3 nitrogen and oxygen atoms in total. The molecule has 2 aliphatic heterocycles. The monoisotopic (exact) mass is 308 g/mol. The van der Waals surface area contributed by atoms with Crippen molar-refractivity contribution in [2.45, 2.75) is 25.6 Å². The van der Waals surface area contributed by atoms with Crippen LogP contribution in [0, 0.1) is 5.92 Å². The fourth-order valence-corrected chi connectivity index (χ4v) is 3.62. The lowest BCUT2D eigenvalue weighted by Gasteiger charge is -2.56. The van der Waals surface area contributed by atoms with E-state index in [9.17, 15) is 0 Å². The lowest BCUT2D eigenvalue weighted by atomic mass is 9.81. The molecule has 1 saturated heterocycles. The number of fused-ring (bicyclic) bond motifs is 4. The van der Waals surface area contributed by atoms with Crippen molar-refractivity contribution in [1.29, 1.82) is 0 Å². The summed E-state index contributed by atoms with van der Waals surface area (Å²) in [6.07, 6.45) is 1.84. The third-order valence-corrected chi connectivity index (χ3v) is 4.91. The SMILES string of the molecule is C=CCN1C(=S)N[C@H]2c3cc(Cl)ccc3O[C@@]1(C)[C@H]2C. The zero-order valence-corrected chi connectivity index (χ0v) is 13.1. The first-order chi connectivity index (χ1) is 9.47. The number of thiocarbonyl (C=S) groups is 1. The topological polar surface area (TPSA) is 24.5 Å². The van der Waals surface area contributed by atoms with Crippen molar-refractivity contribution in [3.05, 3.63) is 41.4 Å². The molecule has 106 valence electrons. The molecule has 1 N–H and O–H groups in total. The zero-order valence-electron chi connectivity index (χ0n) is 11.5. The van der Waals surface area contributed by atoms with Gasteiger partial charge in [0.15, 0.2) is 10.8 Å². The van der Waals surface area contributed by atoms with E-state index < -0.39 is 5.72 Å². The van der Waals surface area contributed by atoms with Crippen molar-refractivity contribution in [2.24, 2.45) is 5.92 Å². The van der Waals surface area contributed by atoms with Gasteiger partial charge in [0, 0.05) is 23.0 Å². The molecule has 1 aromatic carbocycles. The molecule has 5 heteroatoms. The molecule has 2 bridgehead atoms. The van der Waals surface area contributed by atoms with Crippen LogP contribution in [0.2, 0.25) is 5.02 Å². The summed E-state index contributed by atoms with van der Waals surface area (Å²) in [4.78, 5) is 2.05. The molecule has 0 aromatic heterocycles. The second-order valence-electron chi connectivity index (χ2n) is 5.45. The van der Waals surface area contributed by atoms with Crippen LogP contribution in [0.3, 0.4) is 0 Å². The molecule has 0 saturated carbocycles. The number of hydrogen-bond donors (Lipinski definition) is 1. The fourth-order valence-electron chi connectivity index (χ4n) is 3.06. The summed E-state index contributed by atoms with van der Waals surface area (Å²) >= 11 is 11.6. The molecule has 0 radical (unpaired) electrons. The maximum absolute atomic E-state index is 6.29. The van der Waals surface area contributed by atoms with E-state index >= 15 is 0 Å². The van der Waals surface area contributed by atoms with Crippen molar-refractivity contribution in [3.63, 3.8) is 0 Å². The van der Waals surface area contributed by atoms with Gasteiger partial charge in [-0.2, -0.15) is 0 Å². The number of halogens is 1. The van der Waals surface area contributed by atoms with Crippen molar-refractivity contribution >= 4 is 28.9 Å². The van der Waals surface area contributed by atoms with Crippen LogP contribution in [0.25, 0.3) is 0 Å². The predicted octanol–water partition coefficient (Wildman–Crippen LogP) is 3.50. The van der Waals surface area contributed by atoms with Crippen molar-refractivity contribution in [1.82, 2.24) is 10.2 Å². The van der Waals surface area contributed by atoms with Gasteiger partial charge in [-0.3, -0.25) is 0 Å². The fraction of sp³-hybridized carbons (Fsp3) is 0.400. The van der Waals surface area contributed by atoms with E-state index in [2.05, 4.69) is 25.7 Å². The third kappa shape index (κ3) is 1.82. The second-order valence-corrected chi connectivity index (χ2v) is 6.28. The smallest absolute Gasteiger partial charge is 0.187 e.